The van der Waals surface area contributed by atoms with E-state index < -0.39 is 29.6 Å². The molecule has 0 unspecified atom stereocenters. The Hall–Kier alpha value is -1.13. The number of halogens is 4. The summed E-state index contributed by atoms with van der Waals surface area (Å²) in [6.45, 7) is 3.10. The molecule has 0 amide bonds. The van der Waals surface area contributed by atoms with Gasteiger partial charge in [0.15, 0.2) is 0 Å². The lowest BCUT2D eigenvalue weighted by Crippen LogP contribution is -1.98. The lowest BCUT2D eigenvalue weighted by molar-refractivity contribution is 0.338. The van der Waals surface area contributed by atoms with Gasteiger partial charge in [0, 0.05) is 18.9 Å². The molecule has 0 fully saturated rings. The zero-order chi connectivity index (χ0) is 19.4. The Morgan fingerprint density at radius 2 is 1.04 bits per heavy atom. The topological polar surface area (TPSA) is 180 Å². The summed E-state index contributed by atoms with van der Waals surface area (Å²) in [7, 11) is -10.7. The Morgan fingerprint density at radius 1 is 0.783 bits per heavy atom. The molecule has 0 saturated heterocycles. The van der Waals surface area contributed by atoms with Gasteiger partial charge in [-0.2, -0.15) is 0 Å². The summed E-state index contributed by atoms with van der Waals surface area (Å²) in [4.78, 5) is 3.86. The molecule has 0 aliphatic heterocycles. The third-order valence-corrected chi connectivity index (χ3v) is 0.924. The van der Waals surface area contributed by atoms with E-state index in [2.05, 4.69) is 11.9 Å². The number of nitrogens with zero attached hydrogens (tertiary/aromatic N) is 2. The molecule has 1 aromatic rings. The second-order valence-electron chi connectivity index (χ2n) is 2.64. The van der Waals surface area contributed by atoms with E-state index in [0.717, 1.165) is 6.54 Å². The van der Waals surface area contributed by atoms with E-state index in [1.165, 1.54) is 0 Å². The number of imidazole rings is 1. The van der Waals surface area contributed by atoms with Crippen molar-refractivity contribution in [2.75, 3.05) is 0 Å². The number of rotatable bonds is 1. The third-order valence-electron chi connectivity index (χ3n) is 0.924. The number of aromatic nitrogens is 2. The molecule has 0 radical (unpaired) electrons. The van der Waals surface area contributed by atoms with Crippen molar-refractivity contribution in [1.82, 2.24) is 9.55 Å². The molecule has 0 aromatic carbocycles. The molecule has 8 N–H and O–H groups in total. The maximum atomic E-state index is 10.1. The molecular weight excluding hydrogens is 335 g/mol. The van der Waals surface area contributed by atoms with Crippen molar-refractivity contribution in [3.8, 4) is 0 Å². The highest BCUT2D eigenvalue weighted by Gasteiger charge is 1.98. The molecule has 0 atom stereocenters. The fourth-order valence-corrected chi connectivity index (χ4v) is 0.474. The third kappa shape index (κ3) is 120. The van der Waals surface area contributed by atoms with Gasteiger partial charge in [0.05, 0.1) is 6.33 Å². The van der Waals surface area contributed by atoms with E-state index >= 15 is 0 Å². The lowest BCUT2D eigenvalue weighted by atomic mass is 10.3. The van der Waals surface area contributed by atoms with Crippen LogP contribution in [-0.4, -0.2) is 79.3 Å². The van der Waals surface area contributed by atoms with Crippen LogP contribution in [0.2, 0.25) is 0 Å². The summed E-state index contributed by atoms with van der Waals surface area (Å²) >= 11 is 0. The average molecular weight is 351 g/mol. The summed E-state index contributed by atoms with van der Waals surface area (Å²) in [5, 5.41) is 55.6. The Labute approximate surface area is 130 Å². The lowest BCUT2D eigenvalue weighted by Gasteiger charge is -1.87. The highest BCUT2D eigenvalue weighted by Crippen LogP contribution is 1.81. The van der Waals surface area contributed by atoms with Gasteiger partial charge in [-0.15, -0.1) is 0 Å². The van der Waals surface area contributed by atoms with E-state index in [1.807, 2.05) is 10.8 Å². The largest absolute Gasteiger partial charge is 0.674 e. The Morgan fingerprint density at radius 3 is 1.13 bits per heavy atom. The van der Waals surface area contributed by atoms with Crippen LogP contribution in [-0.2, 0) is 6.54 Å². The quantitative estimate of drug-likeness (QED) is 0.189. The van der Waals surface area contributed by atoms with Gasteiger partial charge in [0.2, 0.25) is 0 Å². The molecular formula is C5H16B4F4N2O8. The minimum absolute atomic E-state index is 1.01. The van der Waals surface area contributed by atoms with Crippen LogP contribution in [0.1, 0.15) is 6.92 Å². The SMILES string of the molecule is CCn1ccnc1.OB(O)F.OB(O)F.OB(O)F.OB(O)F. The first-order valence-corrected chi connectivity index (χ1v) is 5.33. The van der Waals surface area contributed by atoms with Gasteiger partial charge in [-0.1, -0.05) is 0 Å². The molecule has 18 heteroatoms. The van der Waals surface area contributed by atoms with Crippen LogP contribution < -0.4 is 0 Å². The van der Waals surface area contributed by atoms with Crippen LogP contribution in [0.3, 0.4) is 0 Å². The highest BCUT2D eigenvalue weighted by atomic mass is 19.1. The van der Waals surface area contributed by atoms with Crippen LogP contribution in [0.15, 0.2) is 18.7 Å². The Bertz CT molecular complexity index is 265. The zero-order valence-corrected chi connectivity index (χ0v) is 11.7. The predicted octanol–water partition coefficient (Wildman–Crippen LogP) is -3.40. The van der Waals surface area contributed by atoms with Crippen molar-refractivity contribution >= 4 is 29.6 Å². The molecule has 134 valence electrons. The van der Waals surface area contributed by atoms with Gasteiger partial charge < -0.3 is 44.8 Å². The van der Waals surface area contributed by atoms with E-state index in [-0.39, 0.29) is 0 Å². The molecule has 1 rings (SSSR count). The molecule has 23 heavy (non-hydrogen) atoms. The summed E-state index contributed by atoms with van der Waals surface area (Å²) in [5.41, 5.74) is 0. The molecule has 0 spiro atoms. The molecule has 0 saturated carbocycles. The average Bonchev–Trinajstić information content (AvgIpc) is 2.77. The van der Waals surface area contributed by atoms with E-state index in [1.54, 1.807) is 12.5 Å². The van der Waals surface area contributed by atoms with Crippen molar-refractivity contribution in [3.63, 3.8) is 0 Å². The zero-order valence-electron chi connectivity index (χ0n) is 11.7. The van der Waals surface area contributed by atoms with Crippen LogP contribution >= 0.6 is 0 Å². The minimum atomic E-state index is -2.67. The number of aryl methyl sites for hydroxylation is 1. The van der Waals surface area contributed by atoms with Crippen molar-refractivity contribution in [2.24, 2.45) is 0 Å². The Kier molecular flexibility index (Phi) is 30.0. The van der Waals surface area contributed by atoms with Crippen LogP contribution in [0.5, 0.6) is 0 Å². The molecule has 1 aromatic heterocycles. The summed E-state index contributed by atoms with van der Waals surface area (Å²) in [6, 6.07) is 0. The second-order valence-corrected chi connectivity index (χ2v) is 2.64. The second kappa shape index (κ2) is 23.1. The van der Waals surface area contributed by atoms with Crippen molar-refractivity contribution in [1.29, 1.82) is 0 Å². The van der Waals surface area contributed by atoms with Crippen molar-refractivity contribution in [3.05, 3.63) is 18.7 Å². The van der Waals surface area contributed by atoms with Crippen LogP contribution in [0.4, 0.5) is 17.3 Å². The maximum absolute atomic E-state index is 10.1. The fraction of sp³-hybridized carbons (Fsp3) is 0.400. The molecule has 0 aliphatic carbocycles. The highest BCUT2D eigenvalue weighted by molar-refractivity contribution is 6.32. The first-order valence-electron chi connectivity index (χ1n) is 5.33. The smallest absolute Gasteiger partial charge is 0.398 e. The monoisotopic (exact) mass is 352 g/mol. The first kappa shape index (κ1) is 29.8. The van der Waals surface area contributed by atoms with Crippen LogP contribution in [0.25, 0.3) is 0 Å². The summed E-state index contributed by atoms with van der Waals surface area (Å²) < 4.78 is 42.5. The molecule has 0 aliphatic rings. The van der Waals surface area contributed by atoms with Gasteiger partial charge in [-0.05, 0) is 6.92 Å². The van der Waals surface area contributed by atoms with Crippen LogP contribution in [0, 0.1) is 0 Å². The number of hydrogen-bond donors (Lipinski definition) is 8. The number of hydrogen-bond acceptors (Lipinski definition) is 9. The van der Waals surface area contributed by atoms with Gasteiger partial charge in [0.25, 0.3) is 0 Å². The molecule has 10 nitrogen and oxygen atoms in total. The van der Waals surface area contributed by atoms with Gasteiger partial charge in [-0.25, -0.2) is 4.98 Å². The fourth-order valence-electron chi connectivity index (χ4n) is 0.474. The van der Waals surface area contributed by atoms with E-state index in [9.17, 15) is 17.3 Å². The minimum Gasteiger partial charge on any atom is -0.398 e. The maximum Gasteiger partial charge on any atom is 0.674 e. The summed E-state index contributed by atoms with van der Waals surface area (Å²) in [5.74, 6) is 0. The van der Waals surface area contributed by atoms with E-state index in [0.29, 0.717) is 0 Å². The van der Waals surface area contributed by atoms with Crippen molar-refractivity contribution in [2.45, 2.75) is 13.5 Å². The Balaban J connectivity index is -0.000000102. The molecule has 1 heterocycles. The van der Waals surface area contributed by atoms with Crippen molar-refractivity contribution < 1.29 is 57.5 Å². The predicted molar refractivity (Wildman–Crippen MR) is 73.1 cm³/mol. The van der Waals surface area contributed by atoms with Gasteiger partial charge >= 0.3 is 29.6 Å². The summed E-state index contributed by atoms with van der Waals surface area (Å²) in [6.07, 6.45) is 5.53. The standard InChI is InChI=1S/C5H8N2.4BFH2O2/c1-2-7-4-3-6-5-7;4*2-1(3)4/h3-5H,2H2,1H3;4*3-4H. The van der Waals surface area contributed by atoms with Gasteiger partial charge in [-0.3, -0.25) is 17.3 Å². The first-order chi connectivity index (χ1) is 10.4. The normalized spacial score (nSPS) is 7.52. The van der Waals surface area contributed by atoms with E-state index in [4.69, 9.17) is 40.2 Å². The van der Waals surface area contributed by atoms with Gasteiger partial charge in [0.1, 0.15) is 0 Å². The molecule has 0 bridgehead atoms.